The van der Waals surface area contributed by atoms with Gasteiger partial charge < -0.3 is 26.2 Å². The van der Waals surface area contributed by atoms with E-state index in [1.54, 1.807) is 6.08 Å². The maximum absolute atomic E-state index is 12.5. The van der Waals surface area contributed by atoms with E-state index in [0.29, 0.717) is 16.4 Å². The molecule has 29 heavy (non-hydrogen) atoms. The Kier molecular flexibility index (Phi) is 8.19. The number of oxime groups is 1. The number of carboxylic acids is 1. The standard InChI is InChI=1S/C15H15N5O5S3.Na/c1-2-3-26-7-5-27-13-9(12(22)20(13)10(7)14(23)24)18-11(21)8(19-25)6-4-28-15(16)17-6;/h2,4,9,13,25H,1,3,5H2,(H2,16,17)(H,18,21)(H,23,24);/q;+1/p-1/b19-8-;/t9-,13+;/m1./s1. The summed E-state index contributed by atoms with van der Waals surface area (Å²) in [6.07, 6.45) is 1.63. The molecule has 148 valence electrons. The van der Waals surface area contributed by atoms with Crippen molar-refractivity contribution >= 4 is 63.5 Å². The van der Waals surface area contributed by atoms with E-state index in [9.17, 15) is 19.5 Å². The molecule has 14 heteroatoms. The summed E-state index contributed by atoms with van der Waals surface area (Å²) in [5.74, 6) is -2.02. The molecular weight excluding hydrogens is 449 g/mol. The minimum Gasteiger partial charge on any atom is -0.543 e. The number of carbonyl (C=O) groups excluding carboxylic acids is 3. The number of nitrogens with two attached hydrogens (primary N) is 1. The van der Waals surface area contributed by atoms with Crippen LogP contribution in [0.15, 0.2) is 33.8 Å². The molecule has 1 aromatic heterocycles. The Hall–Kier alpha value is -1.51. The molecule has 1 fully saturated rings. The predicted octanol–water partition coefficient (Wildman–Crippen LogP) is -3.81. The van der Waals surface area contributed by atoms with Crippen LogP contribution >= 0.6 is 34.9 Å². The number of aromatic nitrogens is 1. The fraction of sp³-hybridized carbons (Fsp3) is 0.267. The van der Waals surface area contributed by atoms with E-state index in [4.69, 9.17) is 10.9 Å². The van der Waals surface area contributed by atoms with Gasteiger partial charge in [-0.05, 0) is 0 Å². The summed E-state index contributed by atoms with van der Waals surface area (Å²) in [6, 6.07) is -0.967. The predicted molar refractivity (Wildman–Crippen MR) is 105 cm³/mol. The zero-order valence-corrected chi connectivity index (χ0v) is 19.6. The van der Waals surface area contributed by atoms with Crippen molar-refractivity contribution in [2.75, 3.05) is 17.2 Å². The maximum Gasteiger partial charge on any atom is 1.00 e. The van der Waals surface area contributed by atoms with Gasteiger partial charge in [0.1, 0.15) is 17.1 Å². The molecule has 10 nitrogen and oxygen atoms in total. The molecule has 0 aromatic carbocycles. The second kappa shape index (κ2) is 10.00. The molecule has 1 saturated heterocycles. The van der Waals surface area contributed by atoms with Crippen LogP contribution in [0.4, 0.5) is 5.13 Å². The van der Waals surface area contributed by atoms with Crippen molar-refractivity contribution in [3.63, 3.8) is 0 Å². The molecule has 0 unspecified atom stereocenters. The van der Waals surface area contributed by atoms with Crippen molar-refractivity contribution in [2.24, 2.45) is 5.16 Å². The number of nitrogen functional groups attached to an aromatic ring is 1. The van der Waals surface area contributed by atoms with Crippen LogP contribution in [-0.2, 0) is 14.4 Å². The van der Waals surface area contributed by atoms with Gasteiger partial charge in [0.05, 0.1) is 11.7 Å². The summed E-state index contributed by atoms with van der Waals surface area (Å²) in [5, 5.41) is 27.1. The van der Waals surface area contributed by atoms with Crippen molar-refractivity contribution in [3.05, 3.63) is 34.3 Å². The molecule has 0 radical (unpaired) electrons. The Labute approximate surface area is 200 Å². The molecule has 0 saturated carbocycles. The van der Waals surface area contributed by atoms with E-state index in [0.717, 1.165) is 16.2 Å². The maximum atomic E-state index is 12.5. The topological polar surface area (TPSA) is 161 Å². The molecule has 0 spiro atoms. The monoisotopic (exact) mass is 463 g/mol. The minimum atomic E-state index is -1.45. The van der Waals surface area contributed by atoms with Gasteiger partial charge >= 0.3 is 29.6 Å². The number of nitrogens with one attached hydrogen (secondary N) is 1. The number of hydrogen-bond acceptors (Lipinski definition) is 11. The summed E-state index contributed by atoms with van der Waals surface area (Å²) in [6.45, 7) is 3.59. The Morgan fingerprint density at radius 1 is 1.59 bits per heavy atom. The quantitative estimate of drug-likeness (QED) is 0.0919. The van der Waals surface area contributed by atoms with Crippen molar-refractivity contribution in [1.82, 2.24) is 15.2 Å². The van der Waals surface area contributed by atoms with Crippen LogP contribution in [0.2, 0.25) is 0 Å². The van der Waals surface area contributed by atoms with Crippen LogP contribution in [0.1, 0.15) is 5.69 Å². The molecule has 2 aliphatic heterocycles. The second-order valence-electron chi connectivity index (χ2n) is 5.54. The van der Waals surface area contributed by atoms with E-state index in [2.05, 4.69) is 22.0 Å². The molecule has 1 aromatic rings. The number of nitrogens with zero attached hydrogens (tertiary/aromatic N) is 3. The van der Waals surface area contributed by atoms with E-state index < -0.39 is 34.9 Å². The van der Waals surface area contributed by atoms with Crippen LogP contribution < -0.4 is 45.7 Å². The van der Waals surface area contributed by atoms with Gasteiger partial charge in [-0.3, -0.25) is 14.5 Å². The van der Waals surface area contributed by atoms with Crippen molar-refractivity contribution in [1.29, 1.82) is 0 Å². The van der Waals surface area contributed by atoms with Crippen molar-refractivity contribution in [2.45, 2.75) is 11.4 Å². The van der Waals surface area contributed by atoms with Crippen LogP contribution in [-0.4, -0.2) is 61.5 Å². The molecule has 2 aliphatic rings. The number of thiazole rings is 1. The number of thioether (sulfide) groups is 2. The molecule has 4 N–H and O–H groups in total. The van der Waals surface area contributed by atoms with Crippen molar-refractivity contribution < 1.29 is 54.3 Å². The molecule has 3 rings (SSSR count). The second-order valence-corrected chi connectivity index (χ2v) is 8.65. The number of carbonyl (C=O) groups is 3. The first-order chi connectivity index (χ1) is 13.4. The van der Waals surface area contributed by atoms with Gasteiger partial charge in [-0.15, -0.1) is 41.4 Å². The number of aliphatic carboxylic acids is 1. The van der Waals surface area contributed by atoms with E-state index >= 15 is 0 Å². The van der Waals surface area contributed by atoms with Gasteiger partial charge in [0, 0.05) is 21.8 Å². The van der Waals surface area contributed by atoms with Gasteiger partial charge in [0.25, 0.3) is 11.8 Å². The molecule has 0 aliphatic carbocycles. The van der Waals surface area contributed by atoms with E-state index in [1.165, 1.54) is 28.9 Å². The first-order valence-corrected chi connectivity index (χ1v) is 10.7. The molecule has 3 heterocycles. The third-order valence-electron chi connectivity index (χ3n) is 3.87. The Morgan fingerprint density at radius 2 is 2.31 bits per heavy atom. The average Bonchev–Trinajstić information content (AvgIpc) is 3.09. The molecule has 2 atom stereocenters. The minimum absolute atomic E-state index is 0. The van der Waals surface area contributed by atoms with Gasteiger partial charge in [0.2, 0.25) is 0 Å². The SMILES string of the molecule is C=CCSC1=C(C(=O)[O-])N2C(=O)[C@@H](NC(=O)/C(=N\O)c3csc(N)n3)[C@@H]2SC1.[Na+]. The van der Waals surface area contributed by atoms with Crippen LogP contribution in [0.3, 0.4) is 0 Å². The number of fused-ring (bicyclic) bond motifs is 1. The zero-order valence-electron chi connectivity index (χ0n) is 15.2. The largest absolute Gasteiger partial charge is 1.00 e. The molecule has 2 amide bonds. The van der Waals surface area contributed by atoms with Gasteiger partial charge in [0.15, 0.2) is 10.8 Å². The van der Waals surface area contributed by atoms with Gasteiger partial charge in [-0.25, -0.2) is 4.98 Å². The first-order valence-electron chi connectivity index (χ1n) is 7.76. The summed E-state index contributed by atoms with van der Waals surface area (Å²) in [7, 11) is 0. The third-order valence-corrected chi connectivity index (χ3v) is 7.09. The zero-order chi connectivity index (χ0) is 20.4. The van der Waals surface area contributed by atoms with Crippen LogP contribution in [0.5, 0.6) is 0 Å². The number of carboxylic acid groups (broad SMARTS) is 1. The number of hydrogen-bond donors (Lipinski definition) is 3. The van der Waals surface area contributed by atoms with Crippen LogP contribution in [0, 0.1) is 0 Å². The average molecular weight is 463 g/mol. The molecule has 0 bridgehead atoms. The van der Waals surface area contributed by atoms with E-state index in [-0.39, 0.29) is 46.1 Å². The summed E-state index contributed by atoms with van der Waals surface area (Å²) in [4.78, 5) is 42.0. The number of rotatable bonds is 7. The van der Waals surface area contributed by atoms with Crippen molar-refractivity contribution in [3.8, 4) is 0 Å². The Morgan fingerprint density at radius 3 is 2.86 bits per heavy atom. The molecular formula is C15H14N5NaO5S3. The number of β-lactam (4-membered cyclic amide) rings is 1. The summed E-state index contributed by atoms with van der Waals surface area (Å²) >= 11 is 3.64. The Bertz CT molecular complexity index is 918. The van der Waals surface area contributed by atoms with E-state index in [1.807, 2.05) is 0 Å². The fourth-order valence-electron chi connectivity index (χ4n) is 2.67. The Balaban J connectivity index is 0.00000300. The van der Waals surface area contributed by atoms with Gasteiger partial charge in [-0.1, -0.05) is 11.2 Å². The van der Waals surface area contributed by atoms with Gasteiger partial charge in [-0.2, -0.15) is 0 Å². The van der Waals surface area contributed by atoms with Crippen LogP contribution in [0.25, 0.3) is 0 Å². The summed E-state index contributed by atoms with van der Waals surface area (Å²) < 4.78 is 0. The third kappa shape index (κ3) is 4.64. The smallest absolute Gasteiger partial charge is 0.543 e. The fourth-order valence-corrected chi connectivity index (χ4v) is 5.59. The number of anilines is 1. The first kappa shape index (κ1) is 23.8. The summed E-state index contributed by atoms with van der Waals surface area (Å²) in [5.41, 5.74) is 5.00. The number of amides is 2. The normalized spacial score (nSPS) is 21.0.